The van der Waals surface area contributed by atoms with E-state index in [2.05, 4.69) is 9.97 Å². The van der Waals surface area contributed by atoms with E-state index in [1.165, 1.54) is 18.2 Å². The molecule has 0 aliphatic carbocycles. The smallest absolute Gasteiger partial charge is 0.334 e. The summed E-state index contributed by atoms with van der Waals surface area (Å²) in [6.07, 6.45) is -4.51. The summed E-state index contributed by atoms with van der Waals surface area (Å²) in [4.78, 5) is 5.53. The minimum atomic E-state index is -4.51. The Morgan fingerprint density at radius 2 is 1.94 bits per heavy atom. The van der Waals surface area contributed by atoms with Gasteiger partial charge in [-0.2, -0.15) is 18.7 Å². The molecular weight excluding hydrogens is 235 g/mol. The van der Waals surface area contributed by atoms with Crippen molar-refractivity contribution in [3.8, 4) is 0 Å². The lowest BCUT2D eigenvalue weighted by atomic mass is 10.3. The first-order valence-electron chi connectivity index (χ1n) is 5.06. The summed E-state index contributed by atoms with van der Waals surface area (Å²) >= 11 is 0. The zero-order valence-electron chi connectivity index (χ0n) is 9.34. The number of alkyl halides is 3. The number of nitrogens with zero attached hydrogens (tertiary/aromatic N) is 1. The highest BCUT2D eigenvalue weighted by atomic mass is 19.4. The largest absolute Gasteiger partial charge is 0.449 e. The van der Waals surface area contributed by atoms with Crippen molar-refractivity contribution in [2.24, 2.45) is 0 Å². The number of quaternary nitrogens is 1. The molecule has 0 unspecified atom stereocenters. The molecule has 17 heavy (non-hydrogen) atoms. The third kappa shape index (κ3) is 2.75. The van der Waals surface area contributed by atoms with E-state index in [9.17, 15) is 13.2 Å². The zero-order chi connectivity index (χ0) is 13.1. The van der Waals surface area contributed by atoms with Crippen molar-refractivity contribution in [2.45, 2.75) is 20.0 Å². The van der Waals surface area contributed by atoms with E-state index in [-0.39, 0.29) is 16.7 Å². The highest BCUT2D eigenvalue weighted by Gasteiger charge is 2.35. The Hall–Kier alpha value is -1.60. The number of H-pyrrole nitrogens is 1. The standard InChI is InChI=1S/C8H6F3N3O.C2H6/c9-8(10,11)7-12-4-2-1-3-5(14-15)6(4)13-7;1-2/h1-3,14-15H,(H,12,13);1-2H3/p+1. The molecule has 2 aromatic rings. The molecule has 1 aromatic heterocycles. The first kappa shape index (κ1) is 13.5. The van der Waals surface area contributed by atoms with E-state index in [0.29, 0.717) is 0 Å². The van der Waals surface area contributed by atoms with Crippen LogP contribution in [-0.2, 0) is 6.18 Å². The van der Waals surface area contributed by atoms with Gasteiger partial charge in [0.05, 0.1) is 5.52 Å². The Balaban J connectivity index is 0.000000686. The Bertz CT molecular complexity index is 493. The summed E-state index contributed by atoms with van der Waals surface area (Å²) in [5.41, 5.74) is 1.32. The number of para-hydroxylation sites is 1. The first-order chi connectivity index (χ1) is 8.02. The van der Waals surface area contributed by atoms with Gasteiger partial charge in [0, 0.05) is 6.07 Å². The van der Waals surface area contributed by atoms with E-state index >= 15 is 0 Å². The van der Waals surface area contributed by atoms with E-state index in [1.54, 1.807) is 0 Å². The molecule has 94 valence electrons. The molecule has 0 aliphatic rings. The van der Waals surface area contributed by atoms with Crippen LogP contribution in [0, 0.1) is 0 Å². The zero-order valence-corrected chi connectivity index (χ0v) is 9.34. The molecule has 2 rings (SSSR count). The van der Waals surface area contributed by atoms with Crippen LogP contribution >= 0.6 is 0 Å². The van der Waals surface area contributed by atoms with Crippen LogP contribution in [0.25, 0.3) is 11.0 Å². The van der Waals surface area contributed by atoms with Crippen LogP contribution in [-0.4, -0.2) is 15.2 Å². The fourth-order valence-corrected chi connectivity index (χ4v) is 1.29. The fraction of sp³-hybridized carbons (Fsp3) is 0.300. The number of nitrogens with two attached hydrogens (primary N) is 1. The number of aromatic amines is 1. The third-order valence-electron chi connectivity index (χ3n) is 1.95. The second-order valence-electron chi connectivity index (χ2n) is 2.96. The molecule has 7 heteroatoms. The van der Waals surface area contributed by atoms with Crippen LogP contribution in [0.1, 0.15) is 19.7 Å². The summed E-state index contributed by atoms with van der Waals surface area (Å²) < 4.78 is 36.9. The second-order valence-corrected chi connectivity index (χ2v) is 2.96. The van der Waals surface area contributed by atoms with Gasteiger partial charge in [-0.25, -0.2) is 10.2 Å². The van der Waals surface area contributed by atoms with Gasteiger partial charge in [-0.1, -0.05) is 19.9 Å². The third-order valence-corrected chi connectivity index (χ3v) is 1.95. The molecule has 0 radical (unpaired) electrons. The van der Waals surface area contributed by atoms with Gasteiger partial charge < -0.3 is 4.98 Å². The van der Waals surface area contributed by atoms with Crippen molar-refractivity contribution in [3.63, 3.8) is 0 Å². The van der Waals surface area contributed by atoms with Gasteiger partial charge in [0.2, 0.25) is 5.82 Å². The molecule has 0 fully saturated rings. The fourth-order valence-electron chi connectivity index (χ4n) is 1.29. The monoisotopic (exact) mass is 248 g/mol. The maximum Gasteiger partial charge on any atom is 0.449 e. The van der Waals surface area contributed by atoms with Crippen molar-refractivity contribution in [3.05, 3.63) is 24.0 Å². The Morgan fingerprint density at radius 1 is 1.29 bits per heavy atom. The molecule has 4 N–H and O–H groups in total. The molecular formula is C10H13F3N3O+. The normalized spacial score (nSPS) is 11.2. The van der Waals surface area contributed by atoms with Crippen LogP contribution in [0.15, 0.2) is 18.2 Å². The summed E-state index contributed by atoms with van der Waals surface area (Å²) in [7, 11) is 0. The molecule has 0 spiro atoms. The number of hydrogen-bond donors (Lipinski definition) is 3. The average molecular weight is 248 g/mol. The van der Waals surface area contributed by atoms with Gasteiger partial charge >= 0.3 is 6.18 Å². The summed E-state index contributed by atoms with van der Waals surface area (Å²) in [6, 6.07) is 4.47. The SMILES string of the molecule is CC.O[NH2+]c1cccc2[nH]c(C(F)(F)F)nc12. The van der Waals surface area contributed by atoms with Crippen molar-refractivity contribution >= 4 is 16.7 Å². The lowest BCUT2D eigenvalue weighted by Crippen LogP contribution is -2.73. The van der Waals surface area contributed by atoms with Crippen LogP contribution in [0.2, 0.25) is 0 Å². The minimum absolute atomic E-state index is 0.104. The Morgan fingerprint density at radius 3 is 2.47 bits per heavy atom. The van der Waals surface area contributed by atoms with Gasteiger partial charge in [-0.05, 0) is 6.07 Å². The van der Waals surface area contributed by atoms with Crippen LogP contribution in [0.5, 0.6) is 0 Å². The van der Waals surface area contributed by atoms with Crippen molar-refractivity contribution < 1.29 is 23.9 Å². The van der Waals surface area contributed by atoms with E-state index in [0.717, 1.165) is 5.48 Å². The average Bonchev–Trinajstić information content (AvgIpc) is 2.74. The Labute approximate surface area is 95.4 Å². The molecule has 1 heterocycles. The second kappa shape index (κ2) is 5.15. The molecule has 0 atom stereocenters. The number of imidazole rings is 1. The molecule has 1 aromatic carbocycles. The number of rotatable bonds is 1. The van der Waals surface area contributed by atoms with Gasteiger partial charge in [0.25, 0.3) is 0 Å². The number of aromatic nitrogens is 2. The minimum Gasteiger partial charge on any atom is -0.334 e. The van der Waals surface area contributed by atoms with Gasteiger partial charge in [0.15, 0.2) is 11.2 Å². The highest BCUT2D eigenvalue weighted by Crippen LogP contribution is 2.29. The summed E-state index contributed by atoms with van der Waals surface area (Å²) in [5.74, 6) is -1.06. The van der Waals surface area contributed by atoms with Crippen LogP contribution in [0.4, 0.5) is 18.9 Å². The topological polar surface area (TPSA) is 65.5 Å². The van der Waals surface area contributed by atoms with Crippen LogP contribution < -0.4 is 5.48 Å². The van der Waals surface area contributed by atoms with E-state index in [4.69, 9.17) is 5.21 Å². The maximum absolute atomic E-state index is 12.3. The predicted molar refractivity (Wildman–Crippen MR) is 55.8 cm³/mol. The van der Waals surface area contributed by atoms with Gasteiger partial charge in [-0.3, -0.25) is 0 Å². The molecule has 0 saturated carbocycles. The summed E-state index contributed by atoms with van der Waals surface area (Å²) in [6.45, 7) is 4.00. The van der Waals surface area contributed by atoms with Crippen molar-refractivity contribution in [1.82, 2.24) is 9.97 Å². The number of fused-ring (bicyclic) bond motifs is 1. The molecule has 0 amide bonds. The van der Waals surface area contributed by atoms with Crippen molar-refractivity contribution in [1.29, 1.82) is 0 Å². The van der Waals surface area contributed by atoms with Crippen molar-refractivity contribution in [2.75, 3.05) is 0 Å². The number of benzene rings is 1. The molecule has 0 saturated heterocycles. The molecule has 0 bridgehead atoms. The lowest BCUT2D eigenvalue weighted by molar-refractivity contribution is -0.824. The lowest BCUT2D eigenvalue weighted by Gasteiger charge is -1.98. The molecule has 0 aliphatic heterocycles. The maximum atomic E-state index is 12.3. The number of halogens is 3. The summed E-state index contributed by atoms with van der Waals surface area (Å²) in [5, 5.41) is 8.79. The van der Waals surface area contributed by atoms with Crippen LogP contribution in [0.3, 0.4) is 0 Å². The van der Waals surface area contributed by atoms with Gasteiger partial charge in [-0.15, -0.1) is 0 Å². The first-order valence-corrected chi connectivity index (χ1v) is 5.06. The molecule has 4 nitrogen and oxygen atoms in total. The van der Waals surface area contributed by atoms with E-state index < -0.39 is 12.0 Å². The predicted octanol–water partition coefficient (Wildman–Crippen LogP) is 2.19. The number of hydrogen-bond acceptors (Lipinski definition) is 2. The number of nitrogens with one attached hydrogen (secondary N) is 1. The highest BCUT2D eigenvalue weighted by molar-refractivity contribution is 5.84. The Kier molecular flexibility index (Phi) is 4.08. The van der Waals surface area contributed by atoms with E-state index in [1.807, 2.05) is 13.8 Å². The quantitative estimate of drug-likeness (QED) is 0.535. The van der Waals surface area contributed by atoms with Gasteiger partial charge in [0.1, 0.15) is 0 Å².